The lowest BCUT2D eigenvalue weighted by Gasteiger charge is -2.15. The second kappa shape index (κ2) is 6.36. The van der Waals surface area contributed by atoms with Crippen LogP contribution in [0.5, 0.6) is 0 Å². The molecule has 4 heteroatoms. The van der Waals surface area contributed by atoms with Gasteiger partial charge < -0.3 is 10.1 Å². The summed E-state index contributed by atoms with van der Waals surface area (Å²) < 4.78 is 6.23. The molecule has 0 fully saturated rings. The third-order valence-electron chi connectivity index (χ3n) is 1.90. The van der Waals surface area contributed by atoms with Gasteiger partial charge in [-0.15, -0.1) is 0 Å². The highest BCUT2D eigenvalue weighted by Gasteiger charge is 2.03. The van der Waals surface area contributed by atoms with Gasteiger partial charge >= 0.3 is 0 Å². The molecule has 1 N–H and O–H groups in total. The number of anilines is 1. The van der Waals surface area contributed by atoms with Crippen LogP contribution in [0.25, 0.3) is 0 Å². The Balaban J connectivity index is 2.53. The molecular weight excluding hydrogens is 277 g/mol. The van der Waals surface area contributed by atoms with Crippen LogP contribution < -0.4 is 5.32 Å². The third kappa shape index (κ3) is 4.41. The van der Waals surface area contributed by atoms with Crippen LogP contribution in [0.1, 0.15) is 13.8 Å². The molecule has 1 unspecified atom stereocenters. The molecule has 1 rings (SSSR count). The molecule has 84 valence electrons. The van der Waals surface area contributed by atoms with Crippen molar-refractivity contribution >= 4 is 33.2 Å². The van der Waals surface area contributed by atoms with Crippen molar-refractivity contribution in [3.05, 3.63) is 27.7 Å². The lowest BCUT2D eigenvalue weighted by molar-refractivity contribution is 0.141. The standard InChI is InChI=1S/C11H15BrClNO/c1-3-15-7-8(2)14-9-4-5-10(12)11(13)6-9/h4-6,8,14H,3,7H2,1-2H3. The first kappa shape index (κ1) is 12.8. The van der Waals surface area contributed by atoms with Crippen LogP contribution in [0.4, 0.5) is 5.69 Å². The van der Waals surface area contributed by atoms with Crippen molar-refractivity contribution in [1.29, 1.82) is 0 Å². The number of benzene rings is 1. The van der Waals surface area contributed by atoms with E-state index in [1.165, 1.54) is 0 Å². The molecule has 0 saturated carbocycles. The minimum atomic E-state index is 0.280. The lowest BCUT2D eigenvalue weighted by Crippen LogP contribution is -2.21. The van der Waals surface area contributed by atoms with Crippen LogP contribution in [0, 0.1) is 0 Å². The van der Waals surface area contributed by atoms with Gasteiger partial charge in [0.15, 0.2) is 0 Å². The van der Waals surface area contributed by atoms with E-state index < -0.39 is 0 Å². The highest BCUT2D eigenvalue weighted by Crippen LogP contribution is 2.25. The van der Waals surface area contributed by atoms with E-state index >= 15 is 0 Å². The van der Waals surface area contributed by atoms with Gasteiger partial charge in [0.1, 0.15) is 0 Å². The molecule has 0 spiro atoms. The van der Waals surface area contributed by atoms with E-state index in [-0.39, 0.29) is 6.04 Å². The van der Waals surface area contributed by atoms with Gasteiger partial charge in [-0.2, -0.15) is 0 Å². The number of ether oxygens (including phenoxy) is 1. The quantitative estimate of drug-likeness (QED) is 0.887. The lowest BCUT2D eigenvalue weighted by atomic mass is 10.3. The summed E-state index contributed by atoms with van der Waals surface area (Å²) in [7, 11) is 0. The average Bonchev–Trinajstić information content (AvgIpc) is 2.20. The molecule has 0 bridgehead atoms. The molecule has 1 aromatic carbocycles. The molecule has 0 aliphatic rings. The molecule has 0 aliphatic heterocycles. The normalized spacial score (nSPS) is 12.5. The highest BCUT2D eigenvalue weighted by atomic mass is 79.9. The van der Waals surface area contributed by atoms with Gasteiger partial charge in [-0.05, 0) is 48.0 Å². The Kier molecular flexibility index (Phi) is 5.43. The van der Waals surface area contributed by atoms with E-state index in [1.54, 1.807) is 0 Å². The van der Waals surface area contributed by atoms with Gasteiger partial charge in [-0.3, -0.25) is 0 Å². The van der Waals surface area contributed by atoms with E-state index in [0.717, 1.165) is 16.8 Å². The Morgan fingerprint density at radius 1 is 1.53 bits per heavy atom. The van der Waals surface area contributed by atoms with E-state index in [1.807, 2.05) is 25.1 Å². The fourth-order valence-corrected chi connectivity index (χ4v) is 1.63. The first-order valence-corrected chi connectivity index (χ1v) is 6.10. The number of halogens is 2. The minimum absolute atomic E-state index is 0.280. The predicted molar refractivity (Wildman–Crippen MR) is 68.7 cm³/mol. The van der Waals surface area contributed by atoms with Gasteiger partial charge in [0, 0.05) is 22.8 Å². The fraction of sp³-hybridized carbons (Fsp3) is 0.455. The zero-order valence-electron chi connectivity index (χ0n) is 8.89. The number of hydrogen-bond acceptors (Lipinski definition) is 2. The molecule has 0 radical (unpaired) electrons. The van der Waals surface area contributed by atoms with Gasteiger partial charge in [0.05, 0.1) is 11.6 Å². The Labute approximate surface area is 104 Å². The van der Waals surface area contributed by atoms with E-state index in [0.29, 0.717) is 11.6 Å². The number of hydrogen-bond donors (Lipinski definition) is 1. The summed E-state index contributed by atoms with van der Waals surface area (Å²) in [5, 5.41) is 4.03. The molecule has 0 aliphatic carbocycles. The summed E-state index contributed by atoms with van der Waals surface area (Å²) in [4.78, 5) is 0. The zero-order valence-corrected chi connectivity index (χ0v) is 11.2. The Morgan fingerprint density at radius 3 is 2.87 bits per heavy atom. The summed E-state index contributed by atoms with van der Waals surface area (Å²) in [5.41, 5.74) is 1.01. The summed E-state index contributed by atoms with van der Waals surface area (Å²) in [5.74, 6) is 0. The smallest absolute Gasteiger partial charge is 0.0664 e. The monoisotopic (exact) mass is 291 g/mol. The van der Waals surface area contributed by atoms with E-state index in [2.05, 4.69) is 28.2 Å². The van der Waals surface area contributed by atoms with E-state index in [4.69, 9.17) is 16.3 Å². The maximum Gasteiger partial charge on any atom is 0.0664 e. The molecule has 0 aromatic heterocycles. The molecule has 0 amide bonds. The van der Waals surface area contributed by atoms with Crippen LogP contribution in [0.2, 0.25) is 5.02 Å². The van der Waals surface area contributed by atoms with Crippen molar-refractivity contribution in [2.45, 2.75) is 19.9 Å². The largest absolute Gasteiger partial charge is 0.380 e. The second-order valence-electron chi connectivity index (χ2n) is 3.33. The predicted octanol–water partition coefficient (Wildman–Crippen LogP) is 3.94. The summed E-state index contributed by atoms with van der Waals surface area (Å²) in [6.45, 7) is 5.51. The highest BCUT2D eigenvalue weighted by molar-refractivity contribution is 9.10. The van der Waals surface area contributed by atoms with Gasteiger partial charge in [-0.25, -0.2) is 0 Å². The van der Waals surface area contributed by atoms with Crippen molar-refractivity contribution in [3.8, 4) is 0 Å². The summed E-state index contributed by atoms with van der Waals surface area (Å²) >= 11 is 9.34. The maximum atomic E-state index is 5.98. The van der Waals surface area contributed by atoms with Crippen molar-refractivity contribution in [3.63, 3.8) is 0 Å². The molecule has 0 saturated heterocycles. The van der Waals surface area contributed by atoms with Crippen molar-refractivity contribution in [2.75, 3.05) is 18.5 Å². The Hall–Kier alpha value is -0.250. The van der Waals surface area contributed by atoms with Gasteiger partial charge in [0.2, 0.25) is 0 Å². The first-order chi connectivity index (χ1) is 7.13. The SMILES string of the molecule is CCOCC(C)Nc1ccc(Br)c(Cl)c1. The van der Waals surface area contributed by atoms with E-state index in [9.17, 15) is 0 Å². The molecule has 0 heterocycles. The first-order valence-electron chi connectivity index (χ1n) is 4.92. The van der Waals surface area contributed by atoms with Crippen LogP contribution in [0.15, 0.2) is 22.7 Å². The van der Waals surface area contributed by atoms with Gasteiger partial charge in [-0.1, -0.05) is 11.6 Å². The Bertz CT molecular complexity index is 319. The molecular formula is C11H15BrClNO. The fourth-order valence-electron chi connectivity index (χ4n) is 1.21. The van der Waals surface area contributed by atoms with Crippen molar-refractivity contribution in [2.24, 2.45) is 0 Å². The maximum absolute atomic E-state index is 5.98. The van der Waals surface area contributed by atoms with Gasteiger partial charge in [0.25, 0.3) is 0 Å². The van der Waals surface area contributed by atoms with Crippen LogP contribution in [0.3, 0.4) is 0 Å². The Morgan fingerprint density at radius 2 is 2.27 bits per heavy atom. The second-order valence-corrected chi connectivity index (χ2v) is 4.60. The molecule has 1 atom stereocenters. The summed E-state index contributed by atoms with van der Waals surface area (Å²) in [6, 6.07) is 6.09. The minimum Gasteiger partial charge on any atom is -0.380 e. The zero-order chi connectivity index (χ0) is 11.3. The summed E-state index contributed by atoms with van der Waals surface area (Å²) in [6.07, 6.45) is 0. The average molecular weight is 293 g/mol. The molecule has 1 aromatic rings. The third-order valence-corrected chi connectivity index (χ3v) is 3.14. The van der Waals surface area contributed by atoms with Crippen LogP contribution in [-0.4, -0.2) is 19.3 Å². The van der Waals surface area contributed by atoms with Crippen LogP contribution >= 0.6 is 27.5 Å². The molecule has 2 nitrogen and oxygen atoms in total. The topological polar surface area (TPSA) is 21.3 Å². The van der Waals surface area contributed by atoms with Crippen molar-refractivity contribution in [1.82, 2.24) is 0 Å². The number of rotatable bonds is 5. The number of nitrogens with one attached hydrogen (secondary N) is 1. The molecule has 15 heavy (non-hydrogen) atoms. The van der Waals surface area contributed by atoms with Crippen molar-refractivity contribution < 1.29 is 4.74 Å². The van der Waals surface area contributed by atoms with Crippen LogP contribution in [-0.2, 0) is 4.74 Å².